The number of piperidine rings is 1. The van der Waals surface area contributed by atoms with Crippen LogP contribution in [0, 0.1) is 0 Å². The molecule has 2 aromatic rings. The van der Waals surface area contributed by atoms with E-state index in [9.17, 15) is 4.79 Å². The second-order valence-electron chi connectivity index (χ2n) is 6.13. The summed E-state index contributed by atoms with van der Waals surface area (Å²) in [6.07, 6.45) is 6.13. The molecule has 1 aliphatic heterocycles. The highest BCUT2D eigenvalue weighted by atomic mass is 16.4. The van der Waals surface area contributed by atoms with Crippen LogP contribution in [-0.4, -0.2) is 38.6 Å². The molecule has 0 amide bonds. The third-order valence-corrected chi connectivity index (χ3v) is 4.62. The molecule has 122 valence electrons. The third-order valence-electron chi connectivity index (χ3n) is 4.62. The van der Waals surface area contributed by atoms with Gasteiger partial charge in [-0.3, -0.25) is 4.90 Å². The Kier molecular flexibility index (Phi) is 4.76. The highest BCUT2D eigenvalue weighted by Gasteiger charge is 2.23. The summed E-state index contributed by atoms with van der Waals surface area (Å²) in [4.78, 5) is 18.0. The van der Waals surface area contributed by atoms with Crippen molar-refractivity contribution in [3.63, 3.8) is 0 Å². The first-order valence-corrected chi connectivity index (χ1v) is 8.23. The van der Waals surface area contributed by atoms with Crippen LogP contribution in [-0.2, 0) is 13.1 Å². The van der Waals surface area contributed by atoms with E-state index < -0.39 is 5.97 Å². The standard InChI is InChI=1S/C18H23N3O2/c1-2-21-10-8-19-17(21)13-20-9-4-7-16(12-20)14-5-3-6-15(11-14)18(22)23/h3,5-6,8,10-11,16H,2,4,7,9,12-13H2,1H3,(H,22,23)/t16-/m1/s1. The van der Waals surface area contributed by atoms with Crippen molar-refractivity contribution >= 4 is 5.97 Å². The van der Waals surface area contributed by atoms with E-state index in [1.807, 2.05) is 30.6 Å². The van der Waals surface area contributed by atoms with E-state index in [-0.39, 0.29) is 0 Å². The summed E-state index contributed by atoms with van der Waals surface area (Å²) in [5.41, 5.74) is 1.51. The van der Waals surface area contributed by atoms with Crippen LogP contribution in [0.2, 0.25) is 0 Å². The van der Waals surface area contributed by atoms with Crippen molar-refractivity contribution in [3.05, 3.63) is 53.6 Å². The number of nitrogens with zero attached hydrogens (tertiary/aromatic N) is 3. The van der Waals surface area contributed by atoms with Crippen LogP contribution in [0.1, 0.15) is 47.4 Å². The van der Waals surface area contributed by atoms with Gasteiger partial charge < -0.3 is 9.67 Å². The Morgan fingerprint density at radius 2 is 2.30 bits per heavy atom. The number of carboxylic acid groups (broad SMARTS) is 1. The molecular weight excluding hydrogens is 290 g/mol. The Hall–Kier alpha value is -2.14. The smallest absolute Gasteiger partial charge is 0.335 e. The summed E-state index contributed by atoms with van der Waals surface area (Å²) in [6.45, 7) is 5.95. The fourth-order valence-corrected chi connectivity index (χ4v) is 3.38. The maximum Gasteiger partial charge on any atom is 0.335 e. The molecule has 2 heterocycles. The average molecular weight is 313 g/mol. The second kappa shape index (κ2) is 6.96. The minimum Gasteiger partial charge on any atom is -0.478 e. The Bertz CT molecular complexity index is 680. The van der Waals surface area contributed by atoms with E-state index in [2.05, 4.69) is 21.4 Å². The molecule has 0 saturated carbocycles. The molecule has 1 aliphatic rings. The third kappa shape index (κ3) is 3.62. The molecule has 0 radical (unpaired) electrons. The first-order valence-electron chi connectivity index (χ1n) is 8.23. The van der Waals surface area contributed by atoms with Gasteiger partial charge >= 0.3 is 5.97 Å². The van der Waals surface area contributed by atoms with Crippen molar-refractivity contribution in [3.8, 4) is 0 Å². The Morgan fingerprint density at radius 3 is 3.09 bits per heavy atom. The fraction of sp³-hybridized carbons (Fsp3) is 0.444. The van der Waals surface area contributed by atoms with Crippen LogP contribution < -0.4 is 0 Å². The molecule has 5 heteroatoms. The Morgan fingerprint density at radius 1 is 1.43 bits per heavy atom. The molecular formula is C18H23N3O2. The number of rotatable bonds is 5. The van der Waals surface area contributed by atoms with E-state index >= 15 is 0 Å². The van der Waals surface area contributed by atoms with Gasteiger partial charge in [0, 0.05) is 25.5 Å². The molecule has 1 N–H and O–H groups in total. The molecule has 0 unspecified atom stereocenters. The van der Waals surface area contributed by atoms with Crippen molar-refractivity contribution in [2.45, 2.75) is 38.8 Å². The lowest BCUT2D eigenvalue weighted by atomic mass is 9.89. The minimum atomic E-state index is -0.857. The number of carboxylic acids is 1. The topological polar surface area (TPSA) is 58.4 Å². The van der Waals surface area contributed by atoms with Gasteiger partial charge in [-0.2, -0.15) is 0 Å². The first kappa shape index (κ1) is 15.7. The van der Waals surface area contributed by atoms with E-state index in [1.54, 1.807) is 6.07 Å². The van der Waals surface area contributed by atoms with Gasteiger partial charge in [0.25, 0.3) is 0 Å². The molecule has 0 spiro atoms. The summed E-state index contributed by atoms with van der Waals surface area (Å²) in [5.74, 6) is 0.644. The number of likely N-dealkylation sites (tertiary alicyclic amines) is 1. The molecule has 0 aliphatic carbocycles. The van der Waals surface area contributed by atoms with Gasteiger partial charge in [-0.1, -0.05) is 12.1 Å². The summed E-state index contributed by atoms with van der Waals surface area (Å²) < 4.78 is 2.18. The van der Waals surface area contributed by atoms with Gasteiger partial charge in [0.2, 0.25) is 0 Å². The van der Waals surface area contributed by atoms with Crippen LogP contribution in [0.15, 0.2) is 36.7 Å². The van der Waals surface area contributed by atoms with Crippen molar-refractivity contribution in [2.24, 2.45) is 0 Å². The van der Waals surface area contributed by atoms with E-state index in [0.29, 0.717) is 11.5 Å². The zero-order chi connectivity index (χ0) is 16.2. The maximum absolute atomic E-state index is 11.2. The Balaban J connectivity index is 1.71. The zero-order valence-electron chi connectivity index (χ0n) is 13.5. The highest BCUT2D eigenvalue weighted by Crippen LogP contribution is 2.28. The monoisotopic (exact) mass is 313 g/mol. The van der Waals surface area contributed by atoms with Gasteiger partial charge in [0.15, 0.2) is 0 Å². The van der Waals surface area contributed by atoms with Gasteiger partial charge in [-0.15, -0.1) is 0 Å². The summed E-state index contributed by atoms with van der Waals surface area (Å²) in [6, 6.07) is 7.38. The predicted molar refractivity (Wildman–Crippen MR) is 88.6 cm³/mol. The van der Waals surface area contributed by atoms with Gasteiger partial charge in [-0.05, 0) is 49.9 Å². The van der Waals surface area contributed by atoms with Crippen LogP contribution in [0.25, 0.3) is 0 Å². The normalized spacial score (nSPS) is 18.9. The molecule has 0 bridgehead atoms. The molecule has 23 heavy (non-hydrogen) atoms. The lowest BCUT2D eigenvalue weighted by Crippen LogP contribution is -2.34. The lowest BCUT2D eigenvalue weighted by Gasteiger charge is -2.33. The van der Waals surface area contributed by atoms with Crippen molar-refractivity contribution in [1.82, 2.24) is 14.5 Å². The first-order chi connectivity index (χ1) is 11.2. The van der Waals surface area contributed by atoms with E-state index in [4.69, 9.17) is 5.11 Å². The van der Waals surface area contributed by atoms with Crippen LogP contribution in [0.4, 0.5) is 0 Å². The lowest BCUT2D eigenvalue weighted by molar-refractivity contribution is 0.0696. The average Bonchev–Trinajstić information content (AvgIpc) is 3.02. The number of aromatic nitrogens is 2. The number of aromatic carboxylic acids is 1. The minimum absolute atomic E-state index is 0.376. The molecule has 1 fully saturated rings. The largest absolute Gasteiger partial charge is 0.478 e. The summed E-state index contributed by atoms with van der Waals surface area (Å²) >= 11 is 0. The number of hydrogen-bond donors (Lipinski definition) is 1. The van der Waals surface area contributed by atoms with Gasteiger partial charge in [-0.25, -0.2) is 9.78 Å². The molecule has 1 saturated heterocycles. The van der Waals surface area contributed by atoms with Gasteiger partial charge in [0.05, 0.1) is 12.1 Å². The molecule has 3 rings (SSSR count). The van der Waals surface area contributed by atoms with Crippen LogP contribution in [0.3, 0.4) is 0 Å². The second-order valence-corrected chi connectivity index (χ2v) is 6.13. The summed E-state index contributed by atoms with van der Waals surface area (Å²) in [5, 5.41) is 9.17. The van der Waals surface area contributed by atoms with Crippen molar-refractivity contribution in [2.75, 3.05) is 13.1 Å². The zero-order valence-corrected chi connectivity index (χ0v) is 13.5. The predicted octanol–water partition coefficient (Wildman–Crippen LogP) is 2.98. The molecule has 1 aromatic carbocycles. The van der Waals surface area contributed by atoms with E-state index in [1.165, 1.54) is 0 Å². The number of carbonyl (C=O) groups is 1. The summed E-state index contributed by atoms with van der Waals surface area (Å²) in [7, 11) is 0. The molecule has 5 nitrogen and oxygen atoms in total. The van der Waals surface area contributed by atoms with Crippen molar-refractivity contribution in [1.29, 1.82) is 0 Å². The SMILES string of the molecule is CCn1ccnc1CN1CCC[C@@H](c2cccc(C(=O)O)c2)C1. The van der Waals surface area contributed by atoms with Crippen LogP contribution in [0.5, 0.6) is 0 Å². The number of imidazole rings is 1. The number of benzene rings is 1. The Labute approximate surface area is 136 Å². The fourth-order valence-electron chi connectivity index (χ4n) is 3.38. The molecule has 1 atom stereocenters. The maximum atomic E-state index is 11.2. The van der Waals surface area contributed by atoms with Gasteiger partial charge in [0.1, 0.15) is 5.82 Å². The van der Waals surface area contributed by atoms with E-state index in [0.717, 1.165) is 50.4 Å². The number of aryl methyl sites for hydroxylation is 1. The molecule has 1 aromatic heterocycles. The van der Waals surface area contributed by atoms with Crippen molar-refractivity contribution < 1.29 is 9.90 Å². The quantitative estimate of drug-likeness (QED) is 0.922. The highest BCUT2D eigenvalue weighted by molar-refractivity contribution is 5.87. The van der Waals surface area contributed by atoms with Crippen LogP contribution >= 0.6 is 0 Å². The number of hydrogen-bond acceptors (Lipinski definition) is 3.